The summed E-state index contributed by atoms with van der Waals surface area (Å²) in [7, 11) is 0. The summed E-state index contributed by atoms with van der Waals surface area (Å²) in [4.78, 5) is 18.2. The average molecular weight is 368 g/mol. The van der Waals surface area contributed by atoms with Crippen molar-refractivity contribution in [2.24, 2.45) is 11.3 Å². The summed E-state index contributed by atoms with van der Waals surface area (Å²) in [6.45, 7) is 7.54. The minimum Gasteiger partial charge on any atom is -0.476 e. The molecule has 1 unspecified atom stereocenters. The molecule has 0 radical (unpaired) electrons. The Balaban J connectivity index is 1.76. The number of carbonyl (C=O) groups is 1. The molecular formula is C19H26F2N2O3. The third kappa shape index (κ3) is 4.43. The smallest absolute Gasteiger partial charge is 0.357 e. The van der Waals surface area contributed by atoms with Gasteiger partial charge in [-0.25, -0.2) is 18.6 Å². The van der Waals surface area contributed by atoms with Gasteiger partial charge < -0.3 is 14.4 Å². The van der Waals surface area contributed by atoms with Gasteiger partial charge in [0.2, 0.25) is 5.88 Å². The van der Waals surface area contributed by atoms with Gasteiger partial charge in [0.1, 0.15) is 11.8 Å². The lowest BCUT2D eigenvalue weighted by atomic mass is 9.90. The first-order valence-corrected chi connectivity index (χ1v) is 9.03. The van der Waals surface area contributed by atoms with Crippen molar-refractivity contribution in [3.63, 3.8) is 0 Å². The predicted molar refractivity (Wildman–Crippen MR) is 93.9 cm³/mol. The zero-order valence-corrected chi connectivity index (χ0v) is 15.7. The second kappa shape index (κ2) is 6.67. The molecule has 2 heterocycles. The van der Waals surface area contributed by atoms with Crippen LogP contribution in [0.4, 0.5) is 14.5 Å². The Labute approximate surface area is 152 Å². The first-order valence-electron chi connectivity index (χ1n) is 9.03. The molecular weight excluding hydrogens is 342 g/mol. The van der Waals surface area contributed by atoms with Gasteiger partial charge in [-0.15, -0.1) is 0 Å². The number of esters is 1. The van der Waals surface area contributed by atoms with Crippen molar-refractivity contribution in [1.82, 2.24) is 4.98 Å². The Morgan fingerprint density at radius 3 is 2.54 bits per heavy atom. The van der Waals surface area contributed by atoms with E-state index in [1.807, 2.05) is 27.7 Å². The maximum atomic E-state index is 13.2. The molecule has 144 valence electrons. The van der Waals surface area contributed by atoms with E-state index < -0.39 is 11.9 Å². The molecule has 7 heteroatoms. The summed E-state index contributed by atoms with van der Waals surface area (Å²) in [6.07, 6.45) is 1.91. The highest BCUT2D eigenvalue weighted by Crippen LogP contribution is 2.38. The molecule has 1 aliphatic heterocycles. The van der Waals surface area contributed by atoms with E-state index in [1.54, 1.807) is 6.07 Å². The van der Waals surface area contributed by atoms with Gasteiger partial charge in [0.25, 0.3) is 5.92 Å². The standard InChI is InChI=1S/C19H26F2N2O3/c1-12(18(2,3)4)26-17(24)14-7-8-15(23-10-19(20,21)11-23)16(22-14)25-9-13-5-6-13/h7-8,12-13H,5-6,9-11H2,1-4H3. The number of hydrogen-bond acceptors (Lipinski definition) is 5. The van der Waals surface area contributed by atoms with Crippen LogP contribution >= 0.6 is 0 Å². The van der Waals surface area contributed by atoms with E-state index in [1.165, 1.54) is 11.0 Å². The van der Waals surface area contributed by atoms with E-state index in [2.05, 4.69) is 4.98 Å². The molecule has 1 atom stereocenters. The van der Waals surface area contributed by atoms with Gasteiger partial charge in [-0.2, -0.15) is 0 Å². The van der Waals surface area contributed by atoms with Gasteiger partial charge >= 0.3 is 5.97 Å². The zero-order valence-electron chi connectivity index (χ0n) is 15.7. The number of alkyl halides is 2. The van der Waals surface area contributed by atoms with Gasteiger partial charge in [0, 0.05) is 0 Å². The van der Waals surface area contributed by atoms with E-state index in [0.717, 1.165) is 12.8 Å². The Bertz CT molecular complexity index is 676. The first kappa shape index (κ1) is 18.9. The molecule has 26 heavy (non-hydrogen) atoms. The molecule has 0 bridgehead atoms. The summed E-state index contributed by atoms with van der Waals surface area (Å²) < 4.78 is 37.7. The van der Waals surface area contributed by atoms with Crippen LogP contribution in [-0.4, -0.2) is 42.7 Å². The van der Waals surface area contributed by atoms with Gasteiger partial charge in [0.15, 0.2) is 5.69 Å². The maximum absolute atomic E-state index is 13.2. The van der Waals surface area contributed by atoms with Crippen molar-refractivity contribution >= 4 is 11.7 Å². The molecule has 5 nitrogen and oxygen atoms in total. The van der Waals surface area contributed by atoms with Crippen molar-refractivity contribution in [3.05, 3.63) is 17.8 Å². The van der Waals surface area contributed by atoms with Crippen LogP contribution < -0.4 is 9.64 Å². The second-order valence-electron chi connectivity index (χ2n) is 8.40. The van der Waals surface area contributed by atoms with Crippen LogP contribution in [0.2, 0.25) is 0 Å². The maximum Gasteiger partial charge on any atom is 0.357 e. The van der Waals surface area contributed by atoms with Gasteiger partial charge in [-0.1, -0.05) is 20.8 Å². The van der Waals surface area contributed by atoms with Gasteiger partial charge in [-0.3, -0.25) is 0 Å². The molecule has 0 amide bonds. The quantitative estimate of drug-likeness (QED) is 0.713. The van der Waals surface area contributed by atoms with Crippen LogP contribution in [0.25, 0.3) is 0 Å². The number of halogens is 2. The number of aromatic nitrogens is 1. The summed E-state index contributed by atoms with van der Waals surface area (Å²) >= 11 is 0. The molecule has 0 N–H and O–H groups in total. The van der Waals surface area contributed by atoms with Gasteiger partial charge in [-0.05, 0) is 43.2 Å². The van der Waals surface area contributed by atoms with Crippen LogP contribution in [0.5, 0.6) is 5.88 Å². The molecule has 1 saturated carbocycles. The van der Waals surface area contributed by atoms with Crippen LogP contribution in [-0.2, 0) is 4.74 Å². The van der Waals surface area contributed by atoms with Crippen molar-refractivity contribution in [2.75, 3.05) is 24.6 Å². The number of hydrogen-bond donors (Lipinski definition) is 0. The third-order valence-corrected chi connectivity index (χ3v) is 4.89. The summed E-state index contributed by atoms with van der Waals surface area (Å²) in [5, 5.41) is 0. The molecule has 1 aromatic heterocycles. The molecule has 1 aromatic rings. The monoisotopic (exact) mass is 368 g/mol. The summed E-state index contributed by atoms with van der Waals surface area (Å²) in [6, 6.07) is 3.12. The number of rotatable bonds is 6. The predicted octanol–water partition coefficient (Wildman–Crippen LogP) is 3.92. The van der Waals surface area contributed by atoms with Crippen molar-refractivity contribution in [2.45, 2.75) is 52.6 Å². The van der Waals surface area contributed by atoms with E-state index in [4.69, 9.17) is 9.47 Å². The number of carbonyl (C=O) groups excluding carboxylic acids is 1. The summed E-state index contributed by atoms with van der Waals surface area (Å²) in [5.74, 6) is -2.51. The van der Waals surface area contributed by atoms with E-state index in [9.17, 15) is 13.6 Å². The average Bonchev–Trinajstić information content (AvgIpc) is 3.33. The largest absolute Gasteiger partial charge is 0.476 e. The molecule has 3 rings (SSSR count). The highest BCUT2D eigenvalue weighted by Gasteiger charge is 2.45. The molecule has 2 fully saturated rings. The molecule has 1 saturated heterocycles. The Hall–Kier alpha value is -1.92. The fourth-order valence-corrected chi connectivity index (χ4v) is 2.46. The minimum atomic E-state index is -2.69. The number of ether oxygens (including phenoxy) is 2. The van der Waals surface area contributed by atoms with Crippen LogP contribution in [0.3, 0.4) is 0 Å². The lowest BCUT2D eigenvalue weighted by Gasteiger charge is -2.40. The Morgan fingerprint density at radius 2 is 2.00 bits per heavy atom. The normalized spacial score (nSPS) is 20.3. The number of nitrogens with zero attached hydrogens (tertiary/aromatic N) is 2. The molecule has 1 aliphatic carbocycles. The lowest BCUT2D eigenvalue weighted by molar-refractivity contribution is -0.0266. The third-order valence-electron chi connectivity index (χ3n) is 4.89. The van der Waals surface area contributed by atoms with E-state index >= 15 is 0 Å². The fourth-order valence-electron chi connectivity index (χ4n) is 2.46. The number of pyridine rings is 1. The van der Waals surface area contributed by atoms with Crippen molar-refractivity contribution in [3.8, 4) is 5.88 Å². The van der Waals surface area contributed by atoms with Gasteiger partial charge in [0.05, 0.1) is 19.7 Å². The highest BCUT2D eigenvalue weighted by atomic mass is 19.3. The van der Waals surface area contributed by atoms with Crippen LogP contribution in [0.1, 0.15) is 51.0 Å². The first-order chi connectivity index (χ1) is 12.0. The second-order valence-corrected chi connectivity index (χ2v) is 8.40. The van der Waals surface area contributed by atoms with Crippen LogP contribution in [0, 0.1) is 11.3 Å². The Kier molecular flexibility index (Phi) is 4.84. The zero-order chi connectivity index (χ0) is 19.1. The fraction of sp³-hybridized carbons (Fsp3) is 0.684. The van der Waals surface area contributed by atoms with Crippen molar-refractivity contribution in [1.29, 1.82) is 0 Å². The minimum absolute atomic E-state index is 0.128. The number of anilines is 1. The van der Waals surface area contributed by atoms with E-state index in [0.29, 0.717) is 18.2 Å². The summed E-state index contributed by atoms with van der Waals surface area (Å²) in [5.41, 5.74) is 0.435. The SMILES string of the molecule is CC(OC(=O)c1ccc(N2CC(F)(F)C2)c(OCC2CC2)n1)C(C)(C)C. The van der Waals surface area contributed by atoms with E-state index in [-0.39, 0.29) is 36.2 Å². The molecule has 2 aliphatic rings. The molecule has 0 aromatic carbocycles. The Morgan fingerprint density at radius 1 is 1.35 bits per heavy atom. The van der Waals surface area contributed by atoms with Crippen molar-refractivity contribution < 1.29 is 23.0 Å². The highest BCUT2D eigenvalue weighted by molar-refractivity contribution is 5.88. The van der Waals surface area contributed by atoms with Crippen LogP contribution in [0.15, 0.2) is 12.1 Å². The lowest BCUT2D eigenvalue weighted by Crippen LogP contribution is -2.56. The molecule has 0 spiro atoms. The topological polar surface area (TPSA) is 51.7 Å².